The maximum atomic E-state index is 9.98. The van der Waals surface area contributed by atoms with Gasteiger partial charge < -0.3 is 10.4 Å². The third-order valence-electron chi connectivity index (χ3n) is 1.65. The highest BCUT2D eigenvalue weighted by atomic mass is 16.4. The van der Waals surface area contributed by atoms with Crippen molar-refractivity contribution in [2.75, 3.05) is 6.54 Å². The lowest BCUT2D eigenvalue weighted by atomic mass is 9.93. The number of rotatable bonds is 3. The van der Waals surface area contributed by atoms with Crippen molar-refractivity contribution in [1.29, 1.82) is 0 Å². The standard InChI is InChI=1S/C6H11NO2.C2H6/c8-6(9)4-7-5-2-1-3-5;1-2/h5,7H,1-4H2,(H,8,9);1-2H3. The van der Waals surface area contributed by atoms with Crippen LogP contribution < -0.4 is 5.32 Å². The second kappa shape index (κ2) is 6.16. The fourth-order valence-corrected chi connectivity index (χ4v) is 0.844. The Kier molecular flexibility index (Phi) is 5.84. The van der Waals surface area contributed by atoms with Crippen molar-refractivity contribution in [3.8, 4) is 0 Å². The molecule has 0 bridgehead atoms. The Labute approximate surface area is 67.8 Å². The highest BCUT2D eigenvalue weighted by Gasteiger charge is 2.16. The molecule has 1 fully saturated rings. The highest BCUT2D eigenvalue weighted by Crippen LogP contribution is 2.17. The Morgan fingerprint density at radius 3 is 2.36 bits per heavy atom. The van der Waals surface area contributed by atoms with Crippen LogP contribution in [0.1, 0.15) is 33.1 Å². The van der Waals surface area contributed by atoms with Gasteiger partial charge in [-0.1, -0.05) is 20.3 Å². The maximum Gasteiger partial charge on any atom is 0.317 e. The van der Waals surface area contributed by atoms with Crippen LogP contribution >= 0.6 is 0 Å². The molecule has 0 aromatic rings. The number of carbonyl (C=O) groups is 1. The van der Waals surface area contributed by atoms with Gasteiger partial charge in [0.2, 0.25) is 0 Å². The molecule has 0 aliphatic heterocycles. The van der Waals surface area contributed by atoms with Crippen LogP contribution in [0.2, 0.25) is 0 Å². The molecular formula is C8H17NO2. The second-order valence-electron chi connectivity index (χ2n) is 2.40. The first-order valence-electron chi connectivity index (χ1n) is 4.24. The summed E-state index contributed by atoms with van der Waals surface area (Å²) in [5.74, 6) is -0.762. The van der Waals surface area contributed by atoms with Crippen molar-refractivity contribution in [1.82, 2.24) is 5.32 Å². The molecule has 1 aliphatic rings. The van der Waals surface area contributed by atoms with E-state index in [-0.39, 0.29) is 6.54 Å². The monoisotopic (exact) mass is 159 g/mol. The summed E-state index contributed by atoms with van der Waals surface area (Å²) >= 11 is 0. The van der Waals surface area contributed by atoms with Crippen LogP contribution in [0, 0.1) is 0 Å². The van der Waals surface area contributed by atoms with Crippen molar-refractivity contribution < 1.29 is 9.90 Å². The van der Waals surface area contributed by atoms with Gasteiger partial charge in [-0.3, -0.25) is 4.79 Å². The van der Waals surface area contributed by atoms with Crippen LogP contribution in [0.5, 0.6) is 0 Å². The van der Waals surface area contributed by atoms with E-state index in [2.05, 4.69) is 5.32 Å². The highest BCUT2D eigenvalue weighted by molar-refractivity contribution is 5.69. The number of nitrogens with one attached hydrogen (secondary N) is 1. The summed E-state index contributed by atoms with van der Waals surface area (Å²) in [5, 5.41) is 11.1. The number of aliphatic carboxylic acids is 1. The third-order valence-corrected chi connectivity index (χ3v) is 1.65. The summed E-state index contributed by atoms with van der Waals surface area (Å²) in [4.78, 5) is 9.98. The molecule has 1 aliphatic carbocycles. The van der Waals surface area contributed by atoms with E-state index in [1.165, 1.54) is 6.42 Å². The molecule has 11 heavy (non-hydrogen) atoms. The molecule has 0 unspecified atom stereocenters. The van der Waals surface area contributed by atoms with E-state index < -0.39 is 5.97 Å². The van der Waals surface area contributed by atoms with Crippen molar-refractivity contribution in [3.05, 3.63) is 0 Å². The Hall–Kier alpha value is -0.570. The van der Waals surface area contributed by atoms with Crippen molar-refractivity contribution in [3.63, 3.8) is 0 Å². The molecule has 0 amide bonds. The molecule has 0 aromatic heterocycles. The van der Waals surface area contributed by atoms with Crippen LogP contribution in [0.4, 0.5) is 0 Å². The smallest absolute Gasteiger partial charge is 0.317 e. The molecule has 2 N–H and O–H groups in total. The summed E-state index contributed by atoms with van der Waals surface area (Å²) in [7, 11) is 0. The zero-order chi connectivity index (χ0) is 8.69. The van der Waals surface area contributed by atoms with E-state index in [9.17, 15) is 4.79 Å². The van der Waals surface area contributed by atoms with Crippen molar-refractivity contribution in [2.24, 2.45) is 0 Å². The average molecular weight is 159 g/mol. The van der Waals surface area contributed by atoms with Gasteiger partial charge in [0.1, 0.15) is 0 Å². The van der Waals surface area contributed by atoms with Gasteiger partial charge in [0.25, 0.3) is 0 Å². The summed E-state index contributed by atoms with van der Waals surface area (Å²) in [6.07, 6.45) is 3.54. The molecule has 0 atom stereocenters. The van der Waals surface area contributed by atoms with Gasteiger partial charge in [0.15, 0.2) is 0 Å². The minimum Gasteiger partial charge on any atom is -0.480 e. The van der Waals surface area contributed by atoms with Crippen LogP contribution in [0.3, 0.4) is 0 Å². The predicted molar refractivity (Wildman–Crippen MR) is 44.6 cm³/mol. The lowest BCUT2D eigenvalue weighted by Gasteiger charge is -2.25. The molecule has 3 heteroatoms. The fourth-order valence-electron chi connectivity index (χ4n) is 0.844. The molecule has 66 valence electrons. The molecule has 1 rings (SSSR count). The fraction of sp³-hybridized carbons (Fsp3) is 0.875. The Bertz CT molecular complexity index is 111. The number of hydrogen-bond donors (Lipinski definition) is 2. The molecular weight excluding hydrogens is 142 g/mol. The number of carboxylic acid groups (broad SMARTS) is 1. The van der Waals surface area contributed by atoms with Gasteiger partial charge in [-0.05, 0) is 12.8 Å². The molecule has 0 spiro atoms. The van der Waals surface area contributed by atoms with Gasteiger partial charge in [-0.25, -0.2) is 0 Å². The predicted octanol–water partition coefficient (Wildman–Crippen LogP) is 1.24. The average Bonchev–Trinajstić information content (AvgIpc) is 1.88. The first kappa shape index (κ1) is 10.4. The van der Waals surface area contributed by atoms with Gasteiger partial charge in [0.05, 0.1) is 6.54 Å². The van der Waals surface area contributed by atoms with E-state index in [0.717, 1.165) is 12.8 Å². The van der Waals surface area contributed by atoms with Gasteiger partial charge in [0, 0.05) is 6.04 Å². The molecule has 0 radical (unpaired) electrons. The normalized spacial score (nSPS) is 16.2. The first-order valence-corrected chi connectivity index (χ1v) is 4.24. The Balaban J connectivity index is 0.000000461. The van der Waals surface area contributed by atoms with E-state index in [1.54, 1.807) is 0 Å². The SMILES string of the molecule is CC.O=C(O)CNC1CCC1. The summed E-state index contributed by atoms with van der Waals surface area (Å²) < 4.78 is 0. The van der Waals surface area contributed by atoms with Gasteiger partial charge >= 0.3 is 5.97 Å². The summed E-state index contributed by atoms with van der Waals surface area (Å²) in [6.45, 7) is 4.12. The van der Waals surface area contributed by atoms with Crippen LogP contribution in [-0.4, -0.2) is 23.7 Å². The molecule has 0 saturated heterocycles. The molecule has 0 heterocycles. The van der Waals surface area contributed by atoms with Crippen LogP contribution in [0.15, 0.2) is 0 Å². The van der Waals surface area contributed by atoms with Gasteiger partial charge in [-0.15, -0.1) is 0 Å². The number of carboxylic acids is 1. The zero-order valence-electron chi connectivity index (χ0n) is 7.26. The van der Waals surface area contributed by atoms with Crippen molar-refractivity contribution >= 4 is 5.97 Å². The van der Waals surface area contributed by atoms with Gasteiger partial charge in [-0.2, -0.15) is 0 Å². The second-order valence-corrected chi connectivity index (χ2v) is 2.40. The minimum absolute atomic E-state index is 0.116. The largest absolute Gasteiger partial charge is 0.480 e. The van der Waals surface area contributed by atoms with Crippen LogP contribution in [0.25, 0.3) is 0 Å². The Morgan fingerprint density at radius 1 is 1.55 bits per heavy atom. The molecule has 3 nitrogen and oxygen atoms in total. The van der Waals surface area contributed by atoms with Crippen LogP contribution in [-0.2, 0) is 4.79 Å². The summed E-state index contributed by atoms with van der Waals surface area (Å²) in [5.41, 5.74) is 0. The zero-order valence-corrected chi connectivity index (χ0v) is 7.26. The van der Waals surface area contributed by atoms with E-state index >= 15 is 0 Å². The van der Waals surface area contributed by atoms with E-state index in [1.807, 2.05) is 13.8 Å². The Morgan fingerprint density at radius 2 is 2.09 bits per heavy atom. The quantitative estimate of drug-likeness (QED) is 0.651. The molecule has 0 aromatic carbocycles. The summed E-state index contributed by atoms with van der Waals surface area (Å²) in [6, 6.07) is 0.487. The lowest BCUT2D eigenvalue weighted by molar-refractivity contribution is -0.136. The lowest BCUT2D eigenvalue weighted by Crippen LogP contribution is -2.38. The van der Waals surface area contributed by atoms with Crippen molar-refractivity contribution in [2.45, 2.75) is 39.2 Å². The van der Waals surface area contributed by atoms with E-state index in [4.69, 9.17) is 5.11 Å². The maximum absolute atomic E-state index is 9.98. The molecule has 1 saturated carbocycles. The number of hydrogen-bond acceptors (Lipinski definition) is 2. The minimum atomic E-state index is -0.762. The van der Waals surface area contributed by atoms with E-state index in [0.29, 0.717) is 6.04 Å². The first-order chi connectivity index (χ1) is 5.29. The topological polar surface area (TPSA) is 49.3 Å². The third kappa shape index (κ3) is 4.79.